The maximum Gasteiger partial charge on any atom is 1.00 e. The van der Waals surface area contributed by atoms with E-state index in [0.29, 0.717) is 59.7 Å². The van der Waals surface area contributed by atoms with Gasteiger partial charge in [0.2, 0.25) is 0 Å². The first-order valence-electron chi connectivity index (χ1n) is 22.3. The van der Waals surface area contributed by atoms with Crippen molar-refractivity contribution in [3.63, 3.8) is 0 Å². The van der Waals surface area contributed by atoms with E-state index >= 15 is 14.4 Å². The molecule has 22 heteroatoms. The minimum atomic E-state index is -5.48. The zero-order chi connectivity index (χ0) is 47.7. The summed E-state index contributed by atoms with van der Waals surface area (Å²) in [5, 5.41) is 1.78. The van der Waals surface area contributed by atoms with E-state index in [4.69, 9.17) is 37.0 Å². The maximum atomic E-state index is 17.1. The molecule has 0 spiro atoms. The summed E-state index contributed by atoms with van der Waals surface area (Å²) in [4.78, 5) is 51.4. The van der Waals surface area contributed by atoms with Gasteiger partial charge in [-0.15, -0.1) is 0 Å². The van der Waals surface area contributed by atoms with Gasteiger partial charge >= 0.3 is 124 Å². The Kier molecular flexibility index (Phi) is 17.7. The van der Waals surface area contributed by atoms with Gasteiger partial charge in [0.25, 0.3) is 26.4 Å². The van der Waals surface area contributed by atoms with Crippen LogP contribution >= 0.6 is 0 Å². The Hall–Kier alpha value is -1.42. The summed E-state index contributed by atoms with van der Waals surface area (Å²) in [5.41, 5.74) is 4.05. The van der Waals surface area contributed by atoms with Crippen molar-refractivity contribution in [2.75, 3.05) is 0 Å². The second-order valence-electron chi connectivity index (χ2n) is 17.5. The molecule has 7 aromatic rings. The van der Waals surface area contributed by atoms with Gasteiger partial charge in [-0.2, -0.15) is 0 Å². The molecule has 0 aromatic heterocycles. The quantitative estimate of drug-likeness (QED) is 0.140. The molecule has 12 nitrogen and oxygen atoms in total. The summed E-state index contributed by atoms with van der Waals surface area (Å²) >= 11 is 0. The number of aryl methyl sites for hydroxylation is 7. The molecule has 0 N–H and O–H groups in total. The van der Waals surface area contributed by atoms with Crippen molar-refractivity contribution in [2.24, 2.45) is 0 Å². The zero-order valence-electron chi connectivity index (χ0n) is 41.6. The Morgan fingerprint density at radius 3 is 0.535 bits per heavy atom. The normalized spacial score (nSPS) is 29.1. The van der Waals surface area contributed by atoms with Crippen LogP contribution in [-0.4, -0.2) is 61.6 Å². The van der Waals surface area contributed by atoms with Gasteiger partial charge in [-0.25, -0.2) is 0 Å². The monoisotopic (exact) mass is 1090 g/mol. The topological polar surface area (TPSA) is 152 Å². The van der Waals surface area contributed by atoms with Crippen LogP contribution in [0.25, 0.3) is 0 Å². The van der Waals surface area contributed by atoms with Gasteiger partial charge in [-0.1, -0.05) is 170 Å². The molecule has 3 aliphatic heterocycles. The number of benzene rings is 7. The number of rotatable bonds is 7. The van der Waals surface area contributed by atoms with E-state index in [2.05, 4.69) is 0 Å². The van der Waals surface area contributed by atoms with E-state index in [1.807, 2.05) is 88.4 Å². The fourth-order valence-electron chi connectivity index (χ4n) is 9.31. The molecule has 10 rings (SSSR count). The Labute approximate surface area is 489 Å². The summed E-state index contributed by atoms with van der Waals surface area (Å²) < 4.78 is 68.1. The predicted molar refractivity (Wildman–Crippen MR) is 266 cm³/mol. The van der Waals surface area contributed by atoms with Gasteiger partial charge in [0, 0.05) is 20.7 Å². The molecule has 0 atom stereocenters. The van der Waals surface area contributed by atoms with Crippen LogP contribution in [0.2, 0.25) is 0 Å². The third kappa shape index (κ3) is 10.3. The van der Waals surface area contributed by atoms with E-state index in [9.17, 15) is 0 Å². The zero-order valence-corrected chi connectivity index (χ0v) is 54.6. The van der Waals surface area contributed by atoms with Crippen LogP contribution in [0.4, 0.5) is 0 Å². The van der Waals surface area contributed by atoms with Crippen molar-refractivity contribution >= 4 is 97.9 Å². The van der Waals surface area contributed by atoms with Gasteiger partial charge in [-0.3, -0.25) is 0 Å². The van der Waals surface area contributed by atoms with Crippen molar-refractivity contribution in [1.82, 2.24) is 0 Å². The molecule has 3 saturated heterocycles. The smallest absolute Gasteiger partial charge is 0.814 e. The van der Waals surface area contributed by atoms with Gasteiger partial charge in [0.05, 0.1) is 0 Å². The molecule has 348 valence electrons. The SMILES string of the molecule is Cc1ccccc1[Si]1([O-])O[Si]2(c3ccccc3C)O[Si]([O-])(c3ccccc3C)O[Si]3(c4ccccc4C)O[Si]([O-])(c4ccccc4C)O[Si](c4ccccc4C)(O1)O[Si](c1ccccc1C)(O2)O3.[Na+].[Na+].[Na+]. The van der Waals surface area contributed by atoms with Crippen molar-refractivity contribution in [3.05, 3.63) is 209 Å². The molecule has 71 heavy (non-hydrogen) atoms. The molecular formula is C49H49Na3O12Si7. The van der Waals surface area contributed by atoms with Crippen LogP contribution in [0.1, 0.15) is 38.9 Å². The summed E-state index contributed by atoms with van der Waals surface area (Å²) in [7, 11) is -37.2. The van der Waals surface area contributed by atoms with Crippen molar-refractivity contribution in [2.45, 2.75) is 48.5 Å². The van der Waals surface area contributed by atoms with Crippen LogP contribution in [0.15, 0.2) is 170 Å². The summed E-state index contributed by atoms with van der Waals surface area (Å²) in [6, 6.07) is 49.8. The molecule has 0 saturated carbocycles. The van der Waals surface area contributed by atoms with E-state index < -0.39 is 61.6 Å². The second kappa shape index (κ2) is 21.9. The average molecular weight is 1100 g/mol. The van der Waals surface area contributed by atoms with Gasteiger partial charge in [0.15, 0.2) is 0 Å². The fraction of sp³-hybridized carbons (Fsp3) is 0.143. The molecular weight excluding hydrogens is 1050 g/mol. The first-order chi connectivity index (χ1) is 32.5. The molecule has 3 aliphatic rings. The summed E-state index contributed by atoms with van der Waals surface area (Å²) in [6.07, 6.45) is 0. The molecule has 0 unspecified atom stereocenters. The fourth-order valence-corrected chi connectivity index (χ4v) is 44.2. The molecule has 7 aromatic carbocycles. The molecule has 0 aliphatic carbocycles. The summed E-state index contributed by atoms with van der Waals surface area (Å²) in [6.45, 7) is 12.7. The van der Waals surface area contributed by atoms with Gasteiger partial charge in [0.1, 0.15) is 0 Å². The summed E-state index contributed by atoms with van der Waals surface area (Å²) in [5.74, 6) is 0. The van der Waals surface area contributed by atoms with Crippen LogP contribution in [-0.2, 0) is 37.0 Å². The van der Waals surface area contributed by atoms with Crippen LogP contribution in [0, 0.1) is 48.5 Å². The van der Waals surface area contributed by atoms with E-state index in [1.54, 1.807) is 130 Å². The minimum absolute atomic E-state index is 0. The molecule has 0 amide bonds. The van der Waals surface area contributed by atoms with Crippen LogP contribution in [0.5, 0.6) is 0 Å². The number of hydrogen-bond donors (Lipinski definition) is 0. The third-order valence-electron chi connectivity index (χ3n) is 12.7. The third-order valence-corrected chi connectivity index (χ3v) is 40.6. The Morgan fingerprint density at radius 2 is 0.366 bits per heavy atom. The molecule has 3 heterocycles. The number of hydrogen-bond acceptors (Lipinski definition) is 12. The van der Waals surface area contributed by atoms with E-state index in [0.717, 1.165) is 0 Å². The number of fused-ring (bicyclic) bond motifs is 3. The second-order valence-corrected chi connectivity index (χ2v) is 36.4. The predicted octanol–water partition coefficient (Wildman–Crippen LogP) is -7.65. The first kappa shape index (κ1) is 57.3. The molecule has 0 radical (unpaired) electrons. The average Bonchev–Trinajstić information content (AvgIpc) is 3.28. The first-order valence-corrected chi connectivity index (χ1v) is 34.4. The standard InChI is InChI=1S/C49H49O12Si7.3Na/c1-36-22-8-15-29-43(36)62(50)53-65(46-32-18-11-25-39(46)4)55-63(51,44-30-16-9-23-37(44)2)57-67(48-34-20-13-27-41(48)6)58-64(52,45-31-17-10-24-38(45)3)56-66(54-62,47-33-19-12-26-40(47)5)60-68(59-65,61-67)49-35-21-14-28-42(49)7;;;/h8-35H,1-7H3;;;/q-3;3*+1. The molecule has 3 fully saturated rings. The maximum absolute atomic E-state index is 17.1. The minimum Gasteiger partial charge on any atom is -0.814 e. The van der Waals surface area contributed by atoms with Gasteiger partial charge < -0.3 is 51.4 Å². The van der Waals surface area contributed by atoms with Crippen molar-refractivity contribution in [3.8, 4) is 0 Å². The molecule has 4 bridgehead atoms. The largest absolute Gasteiger partial charge is 1.00 e. The Morgan fingerprint density at radius 1 is 0.225 bits per heavy atom. The van der Waals surface area contributed by atoms with Gasteiger partial charge in [-0.05, 0) is 103 Å². The van der Waals surface area contributed by atoms with Crippen molar-refractivity contribution in [1.29, 1.82) is 0 Å². The van der Waals surface area contributed by atoms with Crippen molar-refractivity contribution < 1.29 is 140 Å². The van der Waals surface area contributed by atoms with E-state index in [-0.39, 0.29) is 104 Å². The Bertz CT molecular complexity index is 2780. The van der Waals surface area contributed by atoms with Crippen LogP contribution < -0.4 is 139 Å². The van der Waals surface area contributed by atoms with Crippen LogP contribution in [0.3, 0.4) is 0 Å². The Balaban J connectivity index is 0.00000247. The van der Waals surface area contributed by atoms with E-state index in [1.165, 1.54) is 0 Å².